The van der Waals surface area contributed by atoms with Crippen molar-refractivity contribution >= 4 is 24.4 Å². The Kier molecular flexibility index (Phi) is 14.8. The molecule has 6 atom stereocenters. The van der Waals surface area contributed by atoms with Gasteiger partial charge in [0.2, 0.25) is 0 Å². The quantitative estimate of drug-likeness (QED) is 0.172. The molecule has 0 saturated heterocycles. The lowest BCUT2D eigenvalue weighted by atomic mass is 10.1. The second kappa shape index (κ2) is 17.2. The zero-order valence-corrected chi connectivity index (χ0v) is 24.6. The summed E-state index contributed by atoms with van der Waals surface area (Å²) >= 11 is 0. The first-order valence-corrected chi connectivity index (χ1v) is 13.5. The predicted molar refractivity (Wildman–Crippen MR) is 144 cm³/mol. The number of carbonyl (C=O) groups is 4. The number of ether oxygens (including phenoxy) is 7. The summed E-state index contributed by atoms with van der Waals surface area (Å²) in [6, 6.07) is 3.23. The normalized spacial score (nSPS) is 15.3. The third-order valence-corrected chi connectivity index (χ3v) is 6.02. The van der Waals surface area contributed by atoms with Gasteiger partial charge in [0.15, 0.2) is 11.5 Å². The van der Waals surface area contributed by atoms with Gasteiger partial charge in [0, 0.05) is 0 Å². The Hall–Kier alpha value is -3.54. The van der Waals surface area contributed by atoms with Crippen LogP contribution in [0.5, 0.6) is 11.5 Å². The number of hydrogen-bond donors (Lipinski definition) is 1. The fourth-order valence-electron chi connectivity index (χ4n) is 2.79. The van der Waals surface area contributed by atoms with Crippen LogP contribution in [0.15, 0.2) is 18.2 Å². The third-order valence-electron chi connectivity index (χ3n) is 6.02. The zero-order valence-electron chi connectivity index (χ0n) is 24.6. The second-order valence-electron chi connectivity index (χ2n) is 9.52. The van der Waals surface area contributed by atoms with Crippen molar-refractivity contribution in [2.45, 2.75) is 118 Å². The monoisotopic (exact) mass is 569 g/mol. The third kappa shape index (κ3) is 12.5. The fourth-order valence-corrected chi connectivity index (χ4v) is 2.79. The molecule has 0 aliphatic heterocycles. The fraction of sp³-hybridized carbons (Fsp3) is 0.643. The van der Waals surface area contributed by atoms with Crippen LogP contribution in [0, 0.1) is 0 Å². The van der Waals surface area contributed by atoms with Gasteiger partial charge in [0.05, 0.1) is 0 Å². The van der Waals surface area contributed by atoms with E-state index in [1.165, 1.54) is 12.1 Å². The van der Waals surface area contributed by atoms with Gasteiger partial charge >= 0.3 is 24.4 Å². The molecule has 0 amide bonds. The lowest BCUT2D eigenvalue weighted by molar-refractivity contribution is -0.155. The minimum atomic E-state index is -1.11. The molecule has 0 saturated carbocycles. The maximum absolute atomic E-state index is 12.6. The van der Waals surface area contributed by atoms with E-state index in [1.807, 2.05) is 20.8 Å². The van der Waals surface area contributed by atoms with E-state index in [2.05, 4.69) is 0 Å². The summed E-state index contributed by atoms with van der Waals surface area (Å²) in [7, 11) is 0. The summed E-state index contributed by atoms with van der Waals surface area (Å²) in [4.78, 5) is 48.9. The maximum Gasteiger partial charge on any atom is 0.514 e. The largest absolute Gasteiger partial charge is 0.514 e. The highest BCUT2D eigenvalue weighted by atomic mass is 16.8. The van der Waals surface area contributed by atoms with Gasteiger partial charge in [-0.1, -0.05) is 26.8 Å². The molecule has 226 valence electrons. The number of carbonyl (C=O) groups excluding carboxylic acids is 4. The molecule has 12 heteroatoms. The molecular formula is C28H43NO11. The summed E-state index contributed by atoms with van der Waals surface area (Å²) in [6.07, 6.45) is -3.72. The minimum absolute atomic E-state index is 0.00872. The van der Waals surface area contributed by atoms with Crippen LogP contribution in [-0.2, 0) is 34.9 Å². The molecule has 1 rings (SSSR count). The van der Waals surface area contributed by atoms with Gasteiger partial charge in [-0.05, 0) is 78.0 Å². The molecule has 0 fully saturated rings. The van der Waals surface area contributed by atoms with Gasteiger partial charge in [-0.15, -0.1) is 0 Å². The molecule has 0 aliphatic carbocycles. The summed E-state index contributed by atoms with van der Waals surface area (Å²) in [6.45, 7) is 13.8. The maximum atomic E-state index is 12.6. The molecule has 0 aliphatic rings. The Morgan fingerprint density at radius 2 is 1.10 bits per heavy atom. The van der Waals surface area contributed by atoms with Gasteiger partial charge in [0.25, 0.3) is 0 Å². The second-order valence-corrected chi connectivity index (χ2v) is 9.52. The first-order chi connectivity index (χ1) is 18.8. The zero-order chi connectivity index (χ0) is 30.4. The van der Waals surface area contributed by atoms with Crippen molar-refractivity contribution in [3.8, 4) is 11.5 Å². The molecule has 0 radical (unpaired) electrons. The van der Waals surface area contributed by atoms with Crippen molar-refractivity contribution in [3.05, 3.63) is 23.8 Å². The van der Waals surface area contributed by atoms with Crippen molar-refractivity contribution < 1.29 is 52.3 Å². The molecule has 1 aromatic rings. The molecule has 1 aromatic carbocycles. The summed E-state index contributed by atoms with van der Waals surface area (Å²) < 4.78 is 36.4. The van der Waals surface area contributed by atoms with Gasteiger partial charge in [-0.3, -0.25) is 4.79 Å². The lowest BCUT2D eigenvalue weighted by Crippen LogP contribution is -2.39. The Morgan fingerprint density at radius 1 is 0.650 bits per heavy atom. The Bertz CT molecular complexity index is 983. The topological polar surface area (TPSA) is 159 Å². The molecule has 2 N–H and O–H groups in total. The molecule has 3 unspecified atom stereocenters. The van der Waals surface area contributed by atoms with E-state index in [9.17, 15) is 19.2 Å². The van der Waals surface area contributed by atoms with Crippen LogP contribution in [0.1, 0.15) is 80.2 Å². The number of benzene rings is 1. The van der Waals surface area contributed by atoms with E-state index in [0.29, 0.717) is 24.8 Å². The van der Waals surface area contributed by atoms with E-state index < -0.39 is 48.8 Å². The number of hydrogen-bond acceptors (Lipinski definition) is 12. The standard InChI is InChI=1S/C28H43NO11/c1-9-16(4)34-26(31)38-20(8)19(7)37-25(30)22(29)14-21-12-13-23(39-27(32)35-17(5)10-2)24(15-21)40-28(33)36-18(6)11-3/h12-13,15-20,22H,9-11,14,29H2,1-8H3/t16?,17?,18?,19-,20-,22-/m0/s1. The molecule has 12 nitrogen and oxygen atoms in total. The lowest BCUT2D eigenvalue weighted by Gasteiger charge is -2.23. The Balaban J connectivity index is 2.93. The van der Waals surface area contributed by atoms with Crippen LogP contribution in [0.2, 0.25) is 0 Å². The van der Waals surface area contributed by atoms with Crippen molar-refractivity contribution in [2.24, 2.45) is 5.73 Å². The SMILES string of the molecule is CCC(C)OC(=O)Oc1ccc(C[C@H](N)C(=O)O[C@@H](C)[C@H](C)OC(=O)OC(C)CC)cc1OC(=O)OC(C)CC. The molecule has 40 heavy (non-hydrogen) atoms. The van der Waals surface area contributed by atoms with E-state index in [0.717, 1.165) is 0 Å². The van der Waals surface area contributed by atoms with Crippen LogP contribution < -0.4 is 15.2 Å². The van der Waals surface area contributed by atoms with Crippen LogP contribution in [0.4, 0.5) is 14.4 Å². The van der Waals surface area contributed by atoms with E-state index in [1.54, 1.807) is 40.7 Å². The van der Waals surface area contributed by atoms with Gasteiger partial charge in [0.1, 0.15) is 36.6 Å². The van der Waals surface area contributed by atoms with Crippen molar-refractivity contribution in [2.75, 3.05) is 0 Å². The van der Waals surface area contributed by atoms with Crippen LogP contribution in [0.25, 0.3) is 0 Å². The van der Waals surface area contributed by atoms with Crippen molar-refractivity contribution in [1.29, 1.82) is 0 Å². The van der Waals surface area contributed by atoms with Gasteiger partial charge < -0.3 is 38.9 Å². The van der Waals surface area contributed by atoms with E-state index >= 15 is 0 Å². The van der Waals surface area contributed by atoms with E-state index in [4.69, 9.17) is 38.9 Å². The molecular weight excluding hydrogens is 526 g/mol. The number of esters is 1. The molecule has 0 bridgehead atoms. The van der Waals surface area contributed by atoms with E-state index in [-0.39, 0.29) is 30.1 Å². The highest BCUT2D eigenvalue weighted by Crippen LogP contribution is 2.30. The summed E-state index contributed by atoms with van der Waals surface area (Å²) in [5.41, 5.74) is 6.54. The van der Waals surface area contributed by atoms with Crippen molar-refractivity contribution in [1.82, 2.24) is 0 Å². The Morgan fingerprint density at radius 3 is 1.60 bits per heavy atom. The number of rotatable bonds is 14. The smallest absolute Gasteiger partial charge is 0.458 e. The highest BCUT2D eigenvalue weighted by Gasteiger charge is 2.26. The number of nitrogens with two attached hydrogens (primary N) is 1. The Labute approximate surface area is 235 Å². The average molecular weight is 570 g/mol. The average Bonchev–Trinajstić information content (AvgIpc) is 2.89. The van der Waals surface area contributed by atoms with Gasteiger partial charge in [-0.2, -0.15) is 0 Å². The predicted octanol–water partition coefficient (Wildman–Crippen LogP) is 5.46. The summed E-state index contributed by atoms with van der Waals surface area (Å²) in [5.74, 6) is -0.949. The van der Waals surface area contributed by atoms with Crippen LogP contribution >= 0.6 is 0 Å². The molecule has 0 aromatic heterocycles. The van der Waals surface area contributed by atoms with Crippen LogP contribution in [0.3, 0.4) is 0 Å². The van der Waals surface area contributed by atoms with Crippen molar-refractivity contribution in [3.63, 3.8) is 0 Å². The van der Waals surface area contributed by atoms with Gasteiger partial charge in [-0.25, -0.2) is 14.4 Å². The highest BCUT2D eigenvalue weighted by molar-refractivity contribution is 5.76. The minimum Gasteiger partial charge on any atom is -0.458 e. The first-order valence-electron chi connectivity index (χ1n) is 13.5. The summed E-state index contributed by atoms with van der Waals surface area (Å²) in [5, 5.41) is 0. The first kappa shape index (κ1) is 34.5. The van der Waals surface area contributed by atoms with Crippen LogP contribution in [-0.4, -0.2) is 61.0 Å². The molecule has 0 spiro atoms. The molecule has 0 heterocycles.